The molecule has 31 heavy (non-hydrogen) atoms. The molecule has 0 saturated carbocycles. The van der Waals surface area contributed by atoms with E-state index in [9.17, 15) is 29.4 Å². The number of carbonyl (C=O) groups excluding carboxylic acids is 4. The van der Waals surface area contributed by atoms with Gasteiger partial charge in [0.2, 0.25) is 23.6 Å². The molecule has 0 radical (unpaired) electrons. The molecule has 12 nitrogen and oxygen atoms in total. The molecule has 1 heterocycles. The third-order valence-electron chi connectivity index (χ3n) is 5.15. The maximum Gasteiger partial charge on any atom is 0.245 e. The van der Waals surface area contributed by atoms with Crippen LogP contribution in [0.3, 0.4) is 0 Å². The average molecular weight is 445 g/mol. The molecule has 4 amide bonds. The minimum atomic E-state index is -1.27. The fourth-order valence-corrected chi connectivity index (χ4v) is 3.21. The van der Waals surface area contributed by atoms with Crippen LogP contribution < -0.4 is 32.3 Å². The van der Waals surface area contributed by atoms with Crippen molar-refractivity contribution in [3.8, 4) is 0 Å². The molecule has 5 atom stereocenters. The number of rotatable bonds is 4. The number of primary amides is 1. The summed E-state index contributed by atoms with van der Waals surface area (Å²) in [6.45, 7) is 1.43. The van der Waals surface area contributed by atoms with Gasteiger partial charge in [0, 0.05) is 19.5 Å². The fourth-order valence-electron chi connectivity index (χ4n) is 3.21. The second-order valence-corrected chi connectivity index (χ2v) is 7.70. The maximum atomic E-state index is 12.6. The van der Waals surface area contributed by atoms with Gasteiger partial charge in [0.05, 0.1) is 30.8 Å². The first-order valence-corrected chi connectivity index (χ1v) is 10.6. The topological polar surface area (TPSA) is 195 Å². The van der Waals surface area contributed by atoms with Gasteiger partial charge < -0.3 is 42.5 Å². The van der Waals surface area contributed by atoms with Gasteiger partial charge in [0.15, 0.2) is 0 Å². The third-order valence-corrected chi connectivity index (χ3v) is 5.15. The lowest BCUT2D eigenvalue weighted by Gasteiger charge is -2.27. The van der Waals surface area contributed by atoms with Gasteiger partial charge in [0.25, 0.3) is 0 Å². The predicted molar refractivity (Wildman–Crippen MR) is 113 cm³/mol. The third kappa shape index (κ3) is 9.59. The molecular weight excluding hydrogens is 408 g/mol. The van der Waals surface area contributed by atoms with Crippen LogP contribution in [0.15, 0.2) is 0 Å². The minimum absolute atomic E-state index is 0.0617. The van der Waals surface area contributed by atoms with E-state index in [2.05, 4.69) is 26.6 Å². The van der Waals surface area contributed by atoms with Gasteiger partial charge in [-0.2, -0.15) is 0 Å². The number of amides is 4. The molecular formula is C19H36N6O6. The van der Waals surface area contributed by atoms with Crippen LogP contribution in [0.2, 0.25) is 0 Å². The summed E-state index contributed by atoms with van der Waals surface area (Å²) in [5.41, 5.74) is 5.42. The van der Waals surface area contributed by atoms with Gasteiger partial charge >= 0.3 is 0 Å². The molecule has 0 aromatic heterocycles. The van der Waals surface area contributed by atoms with E-state index in [0.29, 0.717) is 25.8 Å². The first kappa shape index (κ1) is 26.8. The minimum Gasteiger partial charge on any atom is -0.394 e. The molecule has 0 bridgehead atoms. The summed E-state index contributed by atoms with van der Waals surface area (Å²) in [5, 5.41) is 33.1. The second-order valence-electron chi connectivity index (χ2n) is 7.70. The van der Waals surface area contributed by atoms with Crippen LogP contribution in [0.1, 0.15) is 39.0 Å². The van der Waals surface area contributed by atoms with E-state index >= 15 is 0 Å². The van der Waals surface area contributed by atoms with Crippen molar-refractivity contribution in [1.82, 2.24) is 26.6 Å². The first-order valence-electron chi connectivity index (χ1n) is 10.6. The van der Waals surface area contributed by atoms with E-state index in [-0.39, 0.29) is 25.3 Å². The lowest BCUT2D eigenvalue weighted by atomic mass is 10.1. The molecule has 1 aliphatic heterocycles. The summed E-state index contributed by atoms with van der Waals surface area (Å²) in [7, 11) is 1.56. The molecule has 0 spiro atoms. The molecule has 1 aliphatic rings. The Hall–Kier alpha value is -2.28. The molecule has 1 unspecified atom stereocenters. The zero-order valence-electron chi connectivity index (χ0n) is 18.1. The van der Waals surface area contributed by atoms with Crippen molar-refractivity contribution in [3.05, 3.63) is 0 Å². The number of nitrogens with two attached hydrogens (primary N) is 1. The monoisotopic (exact) mass is 444 g/mol. The molecule has 12 heteroatoms. The lowest BCUT2D eigenvalue weighted by molar-refractivity contribution is -0.133. The van der Waals surface area contributed by atoms with Gasteiger partial charge in [-0.25, -0.2) is 0 Å². The molecule has 1 saturated heterocycles. The predicted octanol–water partition coefficient (Wildman–Crippen LogP) is -3.56. The second kappa shape index (κ2) is 13.9. The highest BCUT2D eigenvalue weighted by Crippen LogP contribution is 2.04. The van der Waals surface area contributed by atoms with Crippen molar-refractivity contribution in [2.45, 2.75) is 69.3 Å². The standard InChI is InChI=1S/C19H36N6O6/c1-11(27)16-19(31)24-12(10-26)9-23-13(17(20)29)5-3-4-8-22-15(28)7-6-14(21-2)18(30)25-16/h11-14,16,21,23,26-27H,3-10H2,1-2H3,(H2,20,29)(H,22,28)(H,24,31)(H,25,30)/t11?,12-,13+,14+,16+/m1/s1. The number of aliphatic hydroxyl groups is 2. The quantitative estimate of drug-likeness (QED) is 0.218. The Labute approximate surface area is 182 Å². The summed E-state index contributed by atoms with van der Waals surface area (Å²) in [4.78, 5) is 48.9. The van der Waals surface area contributed by atoms with Crippen molar-refractivity contribution in [2.75, 3.05) is 26.7 Å². The summed E-state index contributed by atoms with van der Waals surface area (Å²) in [5.74, 6) is -2.00. The molecule has 0 aliphatic carbocycles. The Morgan fingerprint density at radius 1 is 1.19 bits per heavy atom. The Balaban J connectivity index is 2.98. The van der Waals surface area contributed by atoms with Gasteiger partial charge in [-0.3, -0.25) is 19.2 Å². The van der Waals surface area contributed by atoms with Gasteiger partial charge in [-0.15, -0.1) is 0 Å². The van der Waals surface area contributed by atoms with Crippen molar-refractivity contribution < 1.29 is 29.4 Å². The summed E-state index contributed by atoms with van der Waals surface area (Å²) < 4.78 is 0. The number of hydrogen-bond acceptors (Lipinski definition) is 8. The Morgan fingerprint density at radius 3 is 2.48 bits per heavy atom. The van der Waals surface area contributed by atoms with Crippen LogP contribution in [0.25, 0.3) is 0 Å². The van der Waals surface area contributed by atoms with E-state index in [0.717, 1.165) is 0 Å². The van der Waals surface area contributed by atoms with Gasteiger partial charge in [0.1, 0.15) is 6.04 Å². The van der Waals surface area contributed by atoms with Gasteiger partial charge in [-0.05, 0) is 39.7 Å². The van der Waals surface area contributed by atoms with E-state index in [1.54, 1.807) is 7.05 Å². The van der Waals surface area contributed by atoms with E-state index in [1.807, 2.05) is 0 Å². The highest BCUT2D eigenvalue weighted by molar-refractivity contribution is 5.90. The number of nitrogens with one attached hydrogen (secondary N) is 5. The molecule has 0 aromatic rings. The zero-order valence-corrected chi connectivity index (χ0v) is 18.1. The first-order chi connectivity index (χ1) is 14.7. The molecule has 1 rings (SSSR count). The SMILES string of the molecule is CN[C@H]1CCC(=O)NCCCC[C@@H](C(N)=O)NC[C@H](CO)NC(=O)[C@H](C(C)O)NC1=O. The highest BCUT2D eigenvalue weighted by Gasteiger charge is 2.30. The molecule has 1 fully saturated rings. The Morgan fingerprint density at radius 2 is 1.90 bits per heavy atom. The molecule has 178 valence electrons. The van der Waals surface area contributed by atoms with Crippen LogP contribution >= 0.6 is 0 Å². The number of aliphatic hydroxyl groups excluding tert-OH is 2. The summed E-state index contributed by atoms with van der Waals surface area (Å²) >= 11 is 0. The van der Waals surface area contributed by atoms with Crippen LogP contribution in [-0.4, -0.2) is 90.9 Å². The van der Waals surface area contributed by atoms with Crippen LogP contribution in [-0.2, 0) is 19.2 Å². The number of carbonyl (C=O) groups is 4. The van der Waals surface area contributed by atoms with Crippen molar-refractivity contribution in [2.24, 2.45) is 5.73 Å². The lowest BCUT2D eigenvalue weighted by Crippen LogP contribution is -2.59. The number of hydrogen-bond donors (Lipinski definition) is 8. The summed E-state index contributed by atoms with van der Waals surface area (Å²) in [6, 6.07) is -3.42. The Kier molecular flexibility index (Phi) is 12.0. The van der Waals surface area contributed by atoms with E-state index in [1.165, 1.54) is 6.92 Å². The van der Waals surface area contributed by atoms with Crippen molar-refractivity contribution in [3.63, 3.8) is 0 Å². The van der Waals surface area contributed by atoms with Gasteiger partial charge in [-0.1, -0.05) is 0 Å². The fraction of sp³-hybridized carbons (Fsp3) is 0.789. The van der Waals surface area contributed by atoms with E-state index in [4.69, 9.17) is 5.73 Å². The molecule has 9 N–H and O–H groups in total. The summed E-state index contributed by atoms with van der Waals surface area (Å²) in [6.07, 6.45) is 0.802. The van der Waals surface area contributed by atoms with Crippen LogP contribution in [0.5, 0.6) is 0 Å². The molecule has 0 aromatic carbocycles. The van der Waals surface area contributed by atoms with Crippen LogP contribution in [0.4, 0.5) is 0 Å². The smallest absolute Gasteiger partial charge is 0.245 e. The van der Waals surface area contributed by atoms with Crippen LogP contribution in [0, 0.1) is 0 Å². The normalized spacial score (nSPS) is 29.0. The maximum absolute atomic E-state index is 12.6. The van der Waals surface area contributed by atoms with Crippen molar-refractivity contribution in [1.29, 1.82) is 0 Å². The highest BCUT2D eigenvalue weighted by atomic mass is 16.3. The average Bonchev–Trinajstić information content (AvgIpc) is 2.71. The number of likely N-dealkylation sites (N-methyl/N-ethyl adjacent to an activating group) is 1. The van der Waals surface area contributed by atoms with E-state index < -0.39 is 54.6 Å². The largest absolute Gasteiger partial charge is 0.394 e. The Bertz CT molecular complexity index is 617. The van der Waals surface area contributed by atoms with Crippen molar-refractivity contribution >= 4 is 23.6 Å². The zero-order chi connectivity index (χ0) is 23.4.